The first-order valence-corrected chi connectivity index (χ1v) is 13.1. The highest BCUT2D eigenvalue weighted by Gasteiger charge is 2.21. The van der Waals surface area contributed by atoms with E-state index >= 15 is 0 Å². The first-order valence-electron chi connectivity index (χ1n) is 11.9. The van der Waals surface area contributed by atoms with Gasteiger partial charge in [0.25, 0.3) is 5.91 Å². The Kier molecular flexibility index (Phi) is 6.59. The number of aromatic nitrogens is 2. The number of ether oxygens (including phenoxy) is 4. The van der Waals surface area contributed by atoms with Gasteiger partial charge in [-0.25, -0.2) is 0 Å². The van der Waals surface area contributed by atoms with E-state index in [1.807, 2.05) is 12.1 Å². The summed E-state index contributed by atoms with van der Waals surface area (Å²) in [5.41, 5.74) is 1.99. The van der Waals surface area contributed by atoms with Crippen molar-refractivity contribution in [3.05, 3.63) is 69.2 Å². The van der Waals surface area contributed by atoms with Crippen LogP contribution >= 0.6 is 27.5 Å². The molecule has 0 radical (unpaired) electrons. The second kappa shape index (κ2) is 10.2. The van der Waals surface area contributed by atoms with Gasteiger partial charge >= 0.3 is 0 Å². The summed E-state index contributed by atoms with van der Waals surface area (Å²) < 4.78 is 24.2. The van der Waals surface area contributed by atoms with Gasteiger partial charge in [0.05, 0.1) is 23.4 Å². The number of halogens is 2. The third-order valence-electron chi connectivity index (χ3n) is 6.15. The molecule has 3 heterocycles. The molecular weight excluding hydrogens is 578 g/mol. The van der Waals surface area contributed by atoms with Gasteiger partial charge in [-0.05, 0) is 63.5 Å². The number of nitrogens with zero attached hydrogens (tertiary/aromatic N) is 2. The Labute approximate surface area is 230 Å². The van der Waals surface area contributed by atoms with Crippen LogP contribution in [0.5, 0.6) is 23.0 Å². The van der Waals surface area contributed by atoms with Crippen LogP contribution in [0.25, 0.3) is 10.9 Å². The maximum atomic E-state index is 13.4. The molecule has 2 aliphatic heterocycles. The molecule has 0 spiro atoms. The lowest BCUT2D eigenvalue weighted by molar-refractivity contribution is -0.115. The number of carbonyl (C=O) groups excluding carboxylic acids is 2. The summed E-state index contributed by atoms with van der Waals surface area (Å²) >= 11 is 9.77. The quantitative estimate of drug-likeness (QED) is 0.343. The second-order valence-electron chi connectivity index (χ2n) is 8.80. The maximum absolute atomic E-state index is 13.4. The predicted octanol–water partition coefficient (Wildman–Crippen LogP) is 5.06. The fourth-order valence-corrected chi connectivity index (χ4v) is 4.90. The summed E-state index contributed by atoms with van der Waals surface area (Å²) in [6, 6.07) is 14.2. The zero-order chi connectivity index (χ0) is 26.2. The highest BCUT2D eigenvalue weighted by molar-refractivity contribution is 9.10. The Balaban J connectivity index is 1.26. The van der Waals surface area contributed by atoms with E-state index in [4.69, 9.17) is 30.5 Å². The molecule has 38 heavy (non-hydrogen) atoms. The van der Waals surface area contributed by atoms with Crippen LogP contribution in [-0.4, -0.2) is 48.0 Å². The van der Waals surface area contributed by atoms with Gasteiger partial charge in [-0.1, -0.05) is 23.7 Å². The molecule has 1 aromatic heterocycles. The summed E-state index contributed by atoms with van der Waals surface area (Å²) in [4.78, 5) is 26.3. The topological polar surface area (TPSA) is 101 Å². The van der Waals surface area contributed by atoms with E-state index in [1.54, 1.807) is 36.4 Å². The predicted molar refractivity (Wildman–Crippen MR) is 144 cm³/mol. The molecule has 2 aliphatic rings. The van der Waals surface area contributed by atoms with Gasteiger partial charge in [0.15, 0.2) is 28.8 Å². The molecule has 11 heteroatoms. The molecule has 194 valence electrons. The molecule has 0 aliphatic carbocycles. The van der Waals surface area contributed by atoms with E-state index in [2.05, 4.69) is 26.3 Å². The van der Waals surface area contributed by atoms with Gasteiger partial charge < -0.3 is 24.3 Å². The second-order valence-corrected chi connectivity index (χ2v) is 10.1. The van der Waals surface area contributed by atoms with Crippen molar-refractivity contribution < 1.29 is 28.5 Å². The van der Waals surface area contributed by atoms with Crippen molar-refractivity contribution in [1.29, 1.82) is 0 Å². The molecular formula is C27H21BrClN3O6. The fraction of sp³-hybridized carbons (Fsp3) is 0.222. The number of anilines is 1. The van der Waals surface area contributed by atoms with Crippen molar-refractivity contribution in [1.82, 2.24) is 9.78 Å². The van der Waals surface area contributed by atoms with Gasteiger partial charge in [-0.2, -0.15) is 4.68 Å². The van der Waals surface area contributed by atoms with Crippen LogP contribution in [-0.2, 0) is 17.6 Å². The molecule has 1 N–H and O–H groups in total. The summed E-state index contributed by atoms with van der Waals surface area (Å²) in [6.45, 7) is 1.90. The van der Waals surface area contributed by atoms with E-state index in [1.165, 1.54) is 4.68 Å². The molecule has 1 amide bonds. The van der Waals surface area contributed by atoms with Crippen molar-refractivity contribution in [3.8, 4) is 23.0 Å². The number of hydrogen-bond acceptors (Lipinski definition) is 7. The van der Waals surface area contributed by atoms with Gasteiger partial charge in [0, 0.05) is 9.86 Å². The minimum absolute atomic E-state index is 0.0612. The molecule has 0 saturated heterocycles. The summed E-state index contributed by atoms with van der Waals surface area (Å²) in [7, 11) is 0. The first kappa shape index (κ1) is 24.6. The van der Waals surface area contributed by atoms with E-state index in [0.717, 1.165) is 11.1 Å². The van der Waals surface area contributed by atoms with Crippen molar-refractivity contribution in [2.24, 2.45) is 0 Å². The van der Waals surface area contributed by atoms with Crippen LogP contribution in [0, 0.1) is 0 Å². The number of fused-ring (bicyclic) bond motifs is 3. The highest BCUT2D eigenvalue weighted by atomic mass is 79.9. The first-order chi connectivity index (χ1) is 18.4. The minimum atomic E-state index is -0.294. The molecule has 3 aromatic carbocycles. The summed E-state index contributed by atoms with van der Waals surface area (Å²) in [6.07, 6.45) is 0.149. The average molecular weight is 599 g/mol. The molecule has 0 bridgehead atoms. The van der Waals surface area contributed by atoms with E-state index in [9.17, 15) is 9.59 Å². The zero-order valence-electron chi connectivity index (χ0n) is 20.0. The molecule has 0 fully saturated rings. The number of benzene rings is 3. The molecule has 9 nitrogen and oxygen atoms in total. The van der Waals surface area contributed by atoms with Crippen LogP contribution in [0.1, 0.15) is 15.9 Å². The minimum Gasteiger partial charge on any atom is -0.486 e. The SMILES string of the molecule is O=C(Cc1ccc2c(c1)OCCO2)Nc1nn(C(=O)Cc2ccc3c(c2)OCCO3)c2cc(Cl)c(Br)cc12. The number of carbonyl (C=O) groups is 2. The van der Waals surface area contributed by atoms with Crippen LogP contribution in [0.3, 0.4) is 0 Å². The molecule has 0 saturated carbocycles. The van der Waals surface area contributed by atoms with Crippen molar-refractivity contribution >= 4 is 56.1 Å². The smallest absolute Gasteiger partial charge is 0.251 e. The summed E-state index contributed by atoms with van der Waals surface area (Å²) in [5.74, 6) is 2.19. The Morgan fingerprint density at radius 1 is 0.842 bits per heavy atom. The average Bonchev–Trinajstić information content (AvgIpc) is 3.25. The van der Waals surface area contributed by atoms with Crippen LogP contribution in [0.4, 0.5) is 5.82 Å². The van der Waals surface area contributed by atoms with Gasteiger partial charge in [-0.15, -0.1) is 5.10 Å². The number of amides is 1. The van der Waals surface area contributed by atoms with Crippen LogP contribution in [0.2, 0.25) is 5.02 Å². The Morgan fingerprint density at radius 3 is 2.05 bits per heavy atom. The van der Waals surface area contributed by atoms with Gasteiger partial charge in [0.2, 0.25) is 5.91 Å². The van der Waals surface area contributed by atoms with Crippen LogP contribution < -0.4 is 24.3 Å². The maximum Gasteiger partial charge on any atom is 0.251 e. The molecule has 4 aromatic rings. The van der Waals surface area contributed by atoms with Crippen molar-refractivity contribution in [3.63, 3.8) is 0 Å². The lowest BCUT2D eigenvalue weighted by atomic mass is 10.1. The number of rotatable bonds is 5. The third-order valence-corrected chi connectivity index (χ3v) is 7.35. The van der Waals surface area contributed by atoms with Crippen molar-refractivity contribution in [2.75, 3.05) is 31.7 Å². The Hall–Kier alpha value is -3.76. The summed E-state index contributed by atoms with van der Waals surface area (Å²) in [5, 5.41) is 8.30. The normalized spacial score (nSPS) is 13.8. The Bertz CT molecular complexity index is 1590. The zero-order valence-corrected chi connectivity index (χ0v) is 22.3. The largest absolute Gasteiger partial charge is 0.486 e. The monoisotopic (exact) mass is 597 g/mol. The van der Waals surface area contributed by atoms with E-state index < -0.39 is 0 Å². The van der Waals surface area contributed by atoms with Gasteiger partial charge in [0.1, 0.15) is 26.4 Å². The van der Waals surface area contributed by atoms with Crippen molar-refractivity contribution in [2.45, 2.75) is 12.8 Å². The lowest BCUT2D eigenvalue weighted by Gasteiger charge is -2.18. The lowest BCUT2D eigenvalue weighted by Crippen LogP contribution is -2.19. The highest BCUT2D eigenvalue weighted by Crippen LogP contribution is 2.34. The van der Waals surface area contributed by atoms with E-state index in [0.29, 0.717) is 69.8 Å². The van der Waals surface area contributed by atoms with Gasteiger partial charge in [-0.3, -0.25) is 9.59 Å². The number of hydrogen-bond donors (Lipinski definition) is 1. The Morgan fingerprint density at radius 2 is 1.42 bits per heavy atom. The standard InChI is InChI=1S/C27H21BrClN3O6/c28-18-13-17-20(14-19(18)29)32(26(34)12-16-2-4-22-24(10-16)38-8-6-36-22)31-27(17)30-25(33)11-15-1-3-21-23(9-15)37-7-5-35-21/h1-4,9-10,13-14H,5-8,11-12H2,(H,30,31,33). The fourth-order valence-electron chi connectivity index (χ4n) is 4.40. The molecule has 0 unspecified atom stereocenters. The molecule has 0 atom stereocenters. The number of nitrogens with one attached hydrogen (secondary N) is 1. The van der Waals surface area contributed by atoms with E-state index in [-0.39, 0.29) is 30.5 Å². The molecule has 6 rings (SSSR count). The van der Waals surface area contributed by atoms with Crippen LogP contribution in [0.15, 0.2) is 53.0 Å². The third kappa shape index (κ3) is 4.89.